The number of nitrogens with one attached hydrogen (secondary N) is 1. The third-order valence-electron chi connectivity index (χ3n) is 5.40. The van der Waals surface area contributed by atoms with Crippen molar-refractivity contribution < 1.29 is 14.3 Å². The molecule has 0 saturated carbocycles. The fraction of sp³-hybridized carbons (Fsp3) is 0.500. The van der Waals surface area contributed by atoms with E-state index in [4.69, 9.17) is 9.47 Å². The van der Waals surface area contributed by atoms with Crippen LogP contribution in [0.25, 0.3) is 0 Å². The largest absolute Gasteiger partial charge is 0.465 e. The van der Waals surface area contributed by atoms with Crippen LogP contribution >= 0.6 is 0 Å². The number of rotatable bonds is 5. The minimum absolute atomic E-state index is 0.185. The molecule has 2 saturated heterocycles. The highest BCUT2D eigenvalue weighted by atomic mass is 16.5. The van der Waals surface area contributed by atoms with Crippen molar-refractivity contribution in [2.45, 2.75) is 25.4 Å². The van der Waals surface area contributed by atoms with Crippen LogP contribution < -0.4 is 4.90 Å². The summed E-state index contributed by atoms with van der Waals surface area (Å²) < 4.78 is 10.5. The number of aromatic nitrogens is 2. The second-order valence-electron chi connectivity index (χ2n) is 7.08. The first-order valence-corrected chi connectivity index (χ1v) is 9.54. The number of methoxy groups -OCH3 is 1. The van der Waals surface area contributed by atoms with Gasteiger partial charge in [-0.2, -0.15) is 5.10 Å². The summed E-state index contributed by atoms with van der Waals surface area (Å²) in [6.07, 6.45) is 3.95. The first-order valence-electron chi connectivity index (χ1n) is 9.54. The van der Waals surface area contributed by atoms with E-state index in [2.05, 4.69) is 32.1 Å². The highest BCUT2D eigenvalue weighted by Crippen LogP contribution is 2.37. The lowest BCUT2D eigenvalue weighted by Gasteiger charge is -2.29. The average Bonchev–Trinajstić information content (AvgIpc) is 3.39. The Morgan fingerprint density at radius 1 is 1.30 bits per heavy atom. The zero-order valence-corrected chi connectivity index (χ0v) is 15.7. The molecule has 0 amide bonds. The zero-order chi connectivity index (χ0) is 18.6. The van der Waals surface area contributed by atoms with Gasteiger partial charge in [-0.25, -0.2) is 4.79 Å². The van der Waals surface area contributed by atoms with Gasteiger partial charge >= 0.3 is 5.97 Å². The third kappa shape index (κ3) is 3.84. The highest BCUT2D eigenvalue weighted by molar-refractivity contribution is 5.96. The topological polar surface area (TPSA) is 70.7 Å². The van der Waals surface area contributed by atoms with Crippen LogP contribution in [0.5, 0.6) is 0 Å². The number of ether oxygens (including phenoxy) is 2. The number of hydrogen-bond donors (Lipinski definition) is 1. The van der Waals surface area contributed by atoms with Gasteiger partial charge in [-0.1, -0.05) is 6.07 Å². The maximum absolute atomic E-state index is 12.5. The molecule has 0 bridgehead atoms. The summed E-state index contributed by atoms with van der Waals surface area (Å²) in [6, 6.07) is 8.36. The van der Waals surface area contributed by atoms with E-state index in [9.17, 15) is 4.79 Å². The van der Waals surface area contributed by atoms with Gasteiger partial charge in [0.1, 0.15) is 0 Å². The minimum Gasteiger partial charge on any atom is -0.465 e. The number of aromatic amines is 1. The molecule has 0 radical (unpaired) electrons. The number of H-pyrrole nitrogens is 1. The van der Waals surface area contributed by atoms with Crippen molar-refractivity contribution in [1.82, 2.24) is 15.1 Å². The van der Waals surface area contributed by atoms with Crippen molar-refractivity contribution in [3.8, 4) is 0 Å². The van der Waals surface area contributed by atoms with Crippen molar-refractivity contribution in [3.63, 3.8) is 0 Å². The third-order valence-corrected chi connectivity index (χ3v) is 5.40. The van der Waals surface area contributed by atoms with Crippen LogP contribution in [0.3, 0.4) is 0 Å². The van der Waals surface area contributed by atoms with Crippen molar-refractivity contribution in [2.24, 2.45) is 0 Å². The monoisotopic (exact) mass is 370 g/mol. The van der Waals surface area contributed by atoms with E-state index in [1.54, 1.807) is 0 Å². The summed E-state index contributed by atoms with van der Waals surface area (Å²) in [5.74, 6) is -0.290. The van der Waals surface area contributed by atoms with Crippen LogP contribution in [-0.2, 0) is 16.0 Å². The normalized spacial score (nSPS) is 20.8. The Morgan fingerprint density at radius 3 is 2.89 bits per heavy atom. The number of anilines is 1. The number of benzene rings is 1. The Bertz CT molecular complexity index is 772. The van der Waals surface area contributed by atoms with Gasteiger partial charge in [0.05, 0.1) is 43.3 Å². The lowest BCUT2D eigenvalue weighted by Crippen LogP contribution is -2.35. The van der Waals surface area contributed by atoms with Crippen molar-refractivity contribution in [1.29, 1.82) is 0 Å². The molecule has 1 atom stereocenters. The van der Waals surface area contributed by atoms with E-state index >= 15 is 0 Å². The molecule has 1 unspecified atom stereocenters. The van der Waals surface area contributed by atoms with Gasteiger partial charge in [0, 0.05) is 32.4 Å². The smallest absolute Gasteiger partial charge is 0.339 e. The predicted octanol–water partition coefficient (Wildman–Crippen LogP) is 2.37. The Balaban J connectivity index is 1.62. The lowest BCUT2D eigenvalue weighted by molar-refractivity contribution is 0.0341. The van der Waals surface area contributed by atoms with E-state index in [1.165, 1.54) is 7.11 Å². The van der Waals surface area contributed by atoms with Gasteiger partial charge in [0.2, 0.25) is 0 Å². The molecule has 1 N–H and O–H groups in total. The number of carbonyl (C=O) groups is 1. The second kappa shape index (κ2) is 8.10. The Hall–Kier alpha value is -2.38. The quantitative estimate of drug-likeness (QED) is 0.815. The zero-order valence-electron chi connectivity index (χ0n) is 15.7. The Labute approximate surface area is 159 Å². The van der Waals surface area contributed by atoms with Crippen molar-refractivity contribution in [3.05, 3.63) is 47.3 Å². The maximum atomic E-state index is 12.5. The van der Waals surface area contributed by atoms with E-state index in [0.717, 1.165) is 69.2 Å². The first-order chi connectivity index (χ1) is 13.3. The summed E-state index contributed by atoms with van der Waals surface area (Å²) in [5.41, 5.74) is 3.70. The van der Waals surface area contributed by atoms with Crippen molar-refractivity contribution >= 4 is 11.7 Å². The first kappa shape index (κ1) is 18.0. The molecule has 4 rings (SSSR count). The summed E-state index contributed by atoms with van der Waals surface area (Å²) in [4.78, 5) is 17.2. The predicted molar refractivity (Wildman–Crippen MR) is 102 cm³/mol. The van der Waals surface area contributed by atoms with E-state index in [-0.39, 0.29) is 12.0 Å². The number of esters is 1. The van der Waals surface area contributed by atoms with Crippen LogP contribution in [0, 0.1) is 0 Å². The summed E-state index contributed by atoms with van der Waals surface area (Å²) in [5, 5.41) is 7.26. The van der Waals surface area contributed by atoms with Crippen LogP contribution in [-0.4, -0.2) is 61.0 Å². The van der Waals surface area contributed by atoms with Crippen LogP contribution in [0.15, 0.2) is 30.5 Å². The molecule has 2 aliphatic heterocycles. The fourth-order valence-corrected chi connectivity index (χ4v) is 4.04. The van der Waals surface area contributed by atoms with E-state index in [1.807, 2.05) is 18.3 Å². The van der Waals surface area contributed by atoms with Gasteiger partial charge in [0.15, 0.2) is 0 Å². The molecule has 1 aromatic heterocycles. The minimum atomic E-state index is -0.290. The molecular weight excluding hydrogens is 344 g/mol. The number of hydrogen-bond acceptors (Lipinski definition) is 6. The molecule has 7 heteroatoms. The van der Waals surface area contributed by atoms with Gasteiger partial charge in [0.25, 0.3) is 0 Å². The molecule has 2 aromatic rings. The molecule has 2 fully saturated rings. The molecule has 27 heavy (non-hydrogen) atoms. The summed E-state index contributed by atoms with van der Waals surface area (Å²) in [7, 11) is 1.44. The Morgan fingerprint density at radius 2 is 2.15 bits per heavy atom. The van der Waals surface area contributed by atoms with E-state index in [0.29, 0.717) is 5.56 Å². The molecule has 2 aliphatic rings. The molecule has 1 aromatic carbocycles. The van der Waals surface area contributed by atoms with Gasteiger partial charge < -0.3 is 14.4 Å². The van der Waals surface area contributed by atoms with Crippen molar-refractivity contribution in [2.75, 3.05) is 44.9 Å². The summed E-state index contributed by atoms with van der Waals surface area (Å²) in [6.45, 7) is 5.09. The molecule has 3 heterocycles. The van der Waals surface area contributed by atoms with Gasteiger partial charge in [-0.3, -0.25) is 10.00 Å². The lowest BCUT2D eigenvalue weighted by atomic mass is 10.0. The molecule has 7 nitrogen and oxygen atoms in total. The van der Waals surface area contributed by atoms with Gasteiger partial charge in [-0.15, -0.1) is 0 Å². The van der Waals surface area contributed by atoms with Crippen LogP contribution in [0.4, 0.5) is 5.69 Å². The number of carbonyl (C=O) groups excluding carboxylic acids is 1. The summed E-state index contributed by atoms with van der Waals surface area (Å²) >= 11 is 0. The second-order valence-corrected chi connectivity index (χ2v) is 7.08. The highest BCUT2D eigenvalue weighted by Gasteiger charge is 2.30. The van der Waals surface area contributed by atoms with E-state index < -0.39 is 0 Å². The van der Waals surface area contributed by atoms with Crippen LogP contribution in [0.1, 0.15) is 40.5 Å². The molecule has 0 aliphatic carbocycles. The molecular formula is C20H26N4O3. The Kier molecular flexibility index (Phi) is 5.40. The molecule has 0 spiro atoms. The van der Waals surface area contributed by atoms with Crippen LogP contribution in [0.2, 0.25) is 0 Å². The molecule has 144 valence electrons. The SMILES string of the molecule is COC(=O)c1cc(CN2CCOCC2)ccc1N1CCCC1c1cc[nH]n1. The number of morpholine rings is 1. The fourth-order valence-electron chi connectivity index (χ4n) is 4.04. The van der Waals surface area contributed by atoms with Gasteiger partial charge in [-0.05, 0) is 36.6 Å². The standard InChI is InChI=1S/C20H26N4O3/c1-26-20(25)16-13-15(14-23-9-11-27-12-10-23)4-5-18(16)24-8-2-3-19(24)17-6-7-21-22-17/h4-7,13,19H,2-3,8-12,14H2,1H3,(H,21,22). The average molecular weight is 370 g/mol. The maximum Gasteiger partial charge on any atom is 0.339 e. The number of nitrogens with zero attached hydrogens (tertiary/aromatic N) is 3.